The molecule has 0 saturated carbocycles. The number of amides is 1. The molecule has 1 aromatic heterocycles. The molecule has 1 heterocycles. The van der Waals surface area contributed by atoms with Gasteiger partial charge in [0.05, 0.1) is 0 Å². The number of carbonyl (C=O) groups excluding carboxylic acids is 1. The van der Waals surface area contributed by atoms with Gasteiger partial charge in [-0.05, 0) is 47.1 Å². The van der Waals surface area contributed by atoms with Crippen molar-refractivity contribution in [3.8, 4) is 0 Å². The molecule has 0 aliphatic heterocycles. The van der Waals surface area contributed by atoms with Crippen LogP contribution in [0.25, 0.3) is 10.9 Å². The second-order valence-corrected chi connectivity index (χ2v) is 7.81. The van der Waals surface area contributed by atoms with Gasteiger partial charge in [-0.15, -0.1) is 0 Å². The predicted octanol–water partition coefficient (Wildman–Crippen LogP) is 4.21. The molecule has 4 nitrogen and oxygen atoms in total. The first-order chi connectivity index (χ1) is 12.8. The van der Waals surface area contributed by atoms with Gasteiger partial charge in [0.1, 0.15) is 0 Å². The summed E-state index contributed by atoms with van der Waals surface area (Å²) in [6.07, 6.45) is 0.857. The molecule has 2 N–H and O–H groups in total. The summed E-state index contributed by atoms with van der Waals surface area (Å²) in [6.45, 7) is 4.49. The fourth-order valence-electron chi connectivity index (χ4n) is 3.18. The Labute approximate surface area is 163 Å². The van der Waals surface area contributed by atoms with Crippen molar-refractivity contribution in [2.45, 2.75) is 32.1 Å². The monoisotopic (exact) mass is 382 g/mol. The number of H-pyrrole nitrogens is 1. The van der Waals surface area contributed by atoms with Gasteiger partial charge < -0.3 is 10.3 Å². The zero-order valence-electron chi connectivity index (χ0n) is 15.5. The Bertz CT molecular complexity index is 1010. The van der Waals surface area contributed by atoms with Crippen molar-refractivity contribution < 1.29 is 4.79 Å². The summed E-state index contributed by atoms with van der Waals surface area (Å²) in [5, 5.41) is 4.59. The van der Waals surface area contributed by atoms with E-state index in [-0.39, 0.29) is 16.9 Å². The van der Waals surface area contributed by atoms with E-state index in [2.05, 4.69) is 10.3 Å². The van der Waals surface area contributed by atoms with Crippen molar-refractivity contribution in [1.82, 2.24) is 10.3 Å². The van der Waals surface area contributed by atoms with E-state index < -0.39 is 0 Å². The third kappa shape index (κ3) is 4.77. The van der Waals surface area contributed by atoms with Gasteiger partial charge >= 0.3 is 0 Å². The average Bonchev–Trinajstić information content (AvgIpc) is 2.62. The second-order valence-electron chi connectivity index (χ2n) is 7.38. The van der Waals surface area contributed by atoms with Gasteiger partial charge in [0.2, 0.25) is 5.91 Å². The van der Waals surface area contributed by atoms with E-state index >= 15 is 0 Å². The first-order valence-electron chi connectivity index (χ1n) is 8.99. The summed E-state index contributed by atoms with van der Waals surface area (Å²) < 4.78 is 0. The highest BCUT2D eigenvalue weighted by atomic mass is 35.5. The Kier molecular flexibility index (Phi) is 5.66. The Hall–Kier alpha value is -2.59. The number of nitrogens with one attached hydrogen (secondary N) is 2. The third-order valence-electron chi connectivity index (χ3n) is 4.78. The van der Waals surface area contributed by atoms with Gasteiger partial charge in [0, 0.05) is 29.1 Å². The van der Waals surface area contributed by atoms with Crippen LogP contribution in [0.4, 0.5) is 0 Å². The molecule has 0 aliphatic rings. The minimum Gasteiger partial charge on any atom is -0.356 e. The standard InChI is InChI=1S/C22H23ClN2O2/c1-22(2,17-7-9-18(23)10-8-17)14-20(26)24-12-11-16-13-15-5-3-4-6-19(15)25-21(16)27/h3-10,13H,11-12,14H2,1-2H3,(H,24,26)(H,25,27). The summed E-state index contributed by atoms with van der Waals surface area (Å²) in [7, 11) is 0. The molecule has 27 heavy (non-hydrogen) atoms. The number of benzene rings is 2. The van der Waals surface area contributed by atoms with Crippen LogP contribution in [0.2, 0.25) is 5.02 Å². The Morgan fingerprint density at radius 2 is 1.81 bits per heavy atom. The van der Waals surface area contributed by atoms with Gasteiger partial charge in [0.15, 0.2) is 0 Å². The lowest BCUT2D eigenvalue weighted by Gasteiger charge is -2.24. The van der Waals surface area contributed by atoms with Gasteiger partial charge in [-0.1, -0.05) is 55.8 Å². The lowest BCUT2D eigenvalue weighted by atomic mass is 9.81. The molecule has 3 rings (SSSR count). The van der Waals surface area contributed by atoms with Crippen molar-refractivity contribution in [3.05, 3.63) is 81.1 Å². The molecular formula is C22H23ClN2O2. The summed E-state index contributed by atoms with van der Waals surface area (Å²) >= 11 is 5.94. The Morgan fingerprint density at radius 1 is 1.11 bits per heavy atom. The second kappa shape index (κ2) is 7.97. The number of para-hydroxylation sites is 1. The first kappa shape index (κ1) is 19.2. The molecule has 3 aromatic rings. The smallest absolute Gasteiger partial charge is 0.251 e. The van der Waals surface area contributed by atoms with Crippen LogP contribution >= 0.6 is 11.6 Å². The van der Waals surface area contributed by atoms with E-state index in [0.29, 0.717) is 30.0 Å². The molecule has 5 heteroatoms. The molecule has 0 radical (unpaired) electrons. The Morgan fingerprint density at radius 3 is 2.56 bits per heavy atom. The minimum absolute atomic E-state index is 0.0350. The van der Waals surface area contributed by atoms with Crippen molar-refractivity contribution in [2.75, 3.05) is 6.54 Å². The van der Waals surface area contributed by atoms with Crippen LogP contribution in [-0.2, 0) is 16.6 Å². The van der Waals surface area contributed by atoms with Gasteiger partial charge in [0.25, 0.3) is 5.56 Å². The average molecular weight is 383 g/mol. The van der Waals surface area contributed by atoms with Crippen LogP contribution in [0.1, 0.15) is 31.4 Å². The van der Waals surface area contributed by atoms with Gasteiger partial charge in [-0.25, -0.2) is 0 Å². The number of aromatic nitrogens is 1. The van der Waals surface area contributed by atoms with Crippen LogP contribution in [0, 0.1) is 0 Å². The molecule has 0 saturated heterocycles. The number of hydrogen-bond acceptors (Lipinski definition) is 2. The van der Waals surface area contributed by atoms with E-state index in [1.807, 2.05) is 68.4 Å². The maximum atomic E-state index is 12.4. The quantitative estimate of drug-likeness (QED) is 0.670. The van der Waals surface area contributed by atoms with Crippen LogP contribution in [-0.4, -0.2) is 17.4 Å². The predicted molar refractivity (Wildman–Crippen MR) is 110 cm³/mol. The zero-order chi connectivity index (χ0) is 19.4. The number of fused-ring (bicyclic) bond motifs is 1. The molecule has 1 amide bonds. The van der Waals surface area contributed by atoms with E-state index in [0.717, 1.165) is 16.5 Å². The van der Waals surface area contributed by atoms with E-state index in [1.165, 1.54) is 0 Å². The largest absolute Gasteiger partial charge is 0.356 e. The molecule has 0 aliphatic carbocycles. The fraction of sp³-hybridized carbons (Fsp3) is 0.273. The molecule has 0 atom stereocenters. The van der Waals surface area contributed by atoms with Gasteiger partial charge in [-0.2, -0.15) is 0 Å². The molecular weight excluding hydrogens is 360 g/mol. The maximum Gasteiger partial charge on any atom is 0.251 e. The highest BCUT2D eigenvalue weighted by molar-refractivity contribution is 6.30. The molecule has 140 valence electrons. The van der Waals surface area contributed by atoms with E-state index in [4.69, 9.17) is 11.6 Å². The summed E-state index contributed by atoms with van der Waals surface area (Å²) in [5.41, 5.74) is 2.15. The lowest BCUT2D eigenvalue weighted by Crippen LogP contribution is -2.32. The van der Waals surface area contributed by atoms with Crippen molar-refractivity contribution in [3.63, 3.8) is 0 Å². The molecule has 0 bridgehead atoms. The van der Waals surface area contributed by atoms with E-state index in [1.54, 1.807) is 0 Å². The number of carbonyl (C=O) groups is 1. The fourth-order valence-corrected chi connectivity index (χ4v) is 3.31. The van der Waals surface area contributed by atoms with Gasteiger partial charge in [-0.3, -0.25) is 9.59 Å². The topological polar surface area (TPSA) is 62.0 Å². The number of halogens is 1. The number of pyridine rings is 1. The van der Waals surface area contributed by atoms with Crippen molar-refractivity contribution >= 4 is 28.4 Å². The van der Waals surface area contributed by atoms with Crippen molar-refractivity contribution in [1.29, 1.82) is 0 Å². The van der Waals surface area contributed by atoms with E-state index in [9.17, 15) is 9.59 Å². The summed E-state index contributed by atoms with van der Waals surface area (Å²) in [5.74, 6) is -0.0350. The normalized spacial score (nSPS) is 11.5. The number of rotatable bonds is 6. The molecule has 2 aromatic carbocycles. The minimum atomic E-state index is -0.297. The molecule has 0 spiro atoms. The number of aromatic amines is 1. The first-order valence-corrected chi connectivity index (χ1v) is 9.37. The summed E-state index contributed by atoms with van der Waals surface area (Å²) in [4.78, 5) is 27.4. The number of hydrogen-bond donors (Lipinski definition) is 2. The molecule has 0 fully saturated rings. The maximum absolute atomic E-state index is 12.4. The zero-order valence-corrected chi connectivity index (χ0v) is 16.3. The third-order valence-corrected chi connectivity index (χ3v) is 5.03. The van der Waals surface area contributed by atoms with Crippen LogP contribution in [0.5, 0.6) is 0 Å². The highest BCUT2D eigenvalue weighted by Crippen LogP contribution is 2.27. The van der Waals surface area contributed by atoms with Crippen LogP contribution < -0.4 is 10.9 Å². The SMILES string of the molecule is CC(C)(CC(=O)NCCc1cc2ccccc2[nH]c1=O)c1ccc(Cl)cc1. The lowest BCUT2D eigenvalue weighted by molar-refractivity contribution is -0.122. The van der Waals surface area contributed by atoms with Crippen LogP contribution in [0.15, 0.2) is 59.4 Å². The highest BCUT2D eigenvalue weighted by Gasteiger charge is 2.24. The Balaban J connectivity index is 1.59. The summed E-state index contributed by atoms with van der Waals surface area (Å²) in [6, 6.07) is 17.1. The van der Waals surface area contributed by atoms with Crippen LogP contribution in [0.3, 0.4) is 0 Å². The van der Waals surface area contributed by atoms with Crippen molar-refractivity contribution in [2.24, 2.45) is 0 Å². The molecule has 0 unspecified atom stereocenters.